The third-order valence-corrected chi connectivity index (χ3v) is 4.67. The minimum absolute atomic E-state index is 0.435. The lowest BCUT2D eigenvalue weighted by molar-refractivity contribution is 0.179. The number of nitrogens with zero attached hydrogens (tertiary/aromatic N) is 1. The van der Waals surface area contributed by atoms with Crippen LogP contribution in [0.25, 0.3) is 0 Å². The van der Waals surface area contributed by atoms with Crippen molar-refractivity contribution in [3.8, 4) is 0 Å². The van der Waals surface area contributed by atoms with Crippen LogP contribution in [-0.2, 0) is 0 Å². The van der Waals surface area contributed by atoms with E-state index >= 15 is 0 Å². The fourth-order valence-corrected chi connectivity index (χ4v) is 3.54. The molecular weight excluding hydrogens is 196 g/mol. The van der Waals surface area contributed by atoms with E-state index in [0.717, 1.165) is 18.4 Å². The molecule has 2 nitrogen and oxygen atoms in total. The first-order valence-electron chi connectivity index (χ1n) is 7.31. The summed E-state index contributed by atoms with van der Waals surface area (Å²) in [5.41, 5.74) is 5.97. The van der Waals surface area contributed by atoms with Gasteiger partial charge in [0.2, 0.25) is 0 Å². The molecule has 0 aromatic carbocycles. The summed E-state index contributed by atoms with van der Waals surface area (Å²) in [6, 6.07) is 1.37. The third kappa shape index (κ3) is 2.98. The highest BCUT2D eigenvalue weighted by Crippen LogP contribution is 2.36. The van der Waals surface area contributed by atoms with Gasteiger partial charge in [-0.2, -0.15) is 0 Å². The topological polar surface area (TPSA) is 29.3 Å². The second-order valence-corrected chi connectivity index (χ2v) is 5.75. The van der Waals surface area contributed by atoms with Crippen LogP contribution in [0.3, 0.4) is 0 Å². The lowest BCUT2D eigenvalue weighted by Crippen LogP contribution is -2.35. The Morgan fingerprint density at radius 3 is 2.88 bits per heavy atom. The van der Waals surface area contributed by atoms with Crippen molar-refractivity contribution in [3.63, 3.8) is 0 Å². The van der Waals surface area contributed by atoms with Gasteiger partial charge in [0.1, 0.15) is 0 Å². The van der Waals surface area contributed by atoms with E-state index in [0.29, 0.717) is 6.04 Å². The Labute approximate surface area is 101 Å². The Bertz CT molecular complexity index is 205. The maximum atomic E-state index is 5.97. The number of likely N-dealkylation sites (tertiary alicyclic amines) is 1. The predicted octanol–water partition coefficient (Wildman–Crippen LogP) is 2.77. The molecule has 0 aromatic heterocycles. The summed E-state index contributed by atoms with van der Waals surface area (Å²) >= 11 is 0. The molecule has 2 N–H and O–H groups in total. The van der Waals surface area contributed by atoms with E-state index in [1.807, 2.05) is 0 Å². The molecule has 94 valence electrons. The van der Waals surface area contributed by atoms with Crippen LogP contribution in [0.4, 0.5) is 0 Å². The maximum absolute atomic E-state index is 5.97. The van der Waals surface area contributed by atoms with Crippen LogP contribution in [-0.4, -0.2) is 30.1 Å². The van der Waals surface area contributed by atoms with Crippen LogP contribution in [0, 0.1) is 5.92 Å². The van der Waals surface area contributed by atoms with Crippen LogP contribution in [0.5, 0.6) is 0 Å². The van der Waals surface area contributed by atoms with Crippen LogP contribution >= 0.6 is 0 Å². The Morgan fingerprint density at radius 1 is 1.25 bits per heavy atom. The average molecular weight is 224 g/mol. The fourth-order valence-electron chi connectivity index (χ4n) is 3.54. The lowest BCUT2D eigenvalue weighted by Gasteiger charge is -2.31. The molecule has 1 saturated carbocycles. The first-order valence-corrected chi connectivity index (χ1v) is 7.31. The van der Waals surface area contributed by atoms with Gasteiger partial charge in [0.15, 0.2) is 0 Å². The zero-order valence-electron chi connectivity index (χ0n) is 10.8. The van der Waals surface area contributed by atoms with Crippen molar-refractivity contribution in [2.45, 2.75) is 70.4 Å². The number of fused-ring (bicyclic) bond motifs is 1. The SMILES string of the molecule is CCC(N)CCCN1CCC2CCCCC21. The van der Waals surface area contributed by atoms with Crippen molar-refractivity contribution in [1.82, 2.24) is 4.90 Å². The molecule has 16 heavy (non-hydrogen) atoms. The smallest absolute Gasteiger partial charge is 0.0124 e. The molecule has 0 aromatic rings. The summed E-state index contributed by atoms with van der Waals surface area (Å²) in [7, 11) is 0. The van der Waals surface area contributed by atoms with Crippen molar-refractivity contribution in [1.29, 1.82) is 0 Å². The highest BCUT2D eigenvalue weighted by molar-refractivity contribution is 4.89. The van der Waals surface area contributed by atoms with Crippen molar-refractivity contribution >= 4 is 0 Å². The largest absolute Gasteiger partial charge is 0.328 e. The quantitative estimate of drug-likeness (QED) is 0.778. The van der Waals surface area contributed by atoms with E-state index in [1.54, 1.807) is 0 Å². The zero-order chi connectivity index (χ0) is 11.4. The molecule has 0 radical (unpaired) electrons. The van der Waals surface area contributed by atoms with E-state index in [1.165, 1.54) is 58.0 Å². The Balaban J connectivity index is 1.69. The molecule has 1 aliphatic carbocycles. The summed E-state index contributed by atoms with van der Waals surface area (Å²) in [5.74, 6) is 1.04. The van der Waals surface area contributed by atoms with Gasteiger partial charge < -0.3 is 10.6 Å². The minimum Gasteiger partial charge on any atom is -0.328 e. The third-order valence-electron chi connectivity index (χ3n) is 4.67. The van der Waals surface area contributed by atoms with E-state index in [4.69, 9.17) is 5.73 Å². The van der Waals surface area contributed by atoms with Crippen LogP contribution in [0.15, 0.2) is 0 Å². The van der Waals surface area contributed by atoms with Gasteiger partial charge in [-0.05, 0) is 57.5 Å². The van der Waals surface area contributed by atoms with E-state index < -0.39 is 0 Å². The van der Waals surface area contributed by atoms with Crippen LogP contribution in [0.1, 0.15) is 58.3 Å². The van der Waals surface area contributed by atoms with Crippen molar-refractivity contribution in [2.75, 3.05) is 13.1 Å². The number of hydrogen-bond donors (Lipinski definition) is 1. The average Bonchev–Trinajstić information content (AvgIpc) is 2.73. The second kappa shape index (κ2) is 6.02. The normalized spacial score (nSPS) is 32.6. The van der Waals surface area contributed by atoms with Gasteiger partial charge >= 0.3 is 0 Å². The Morgan fingerprint density at radius 2 is 2.06 bits per heavy atom. The van der Waals surface area contributed by atoms with Crippen molar-refractivity contribution in [3.05, 3.63) is 0 Å². The lowest BCUT2D eigenvalue weighted by atomic mass is 9.85. The van der Waals surface area contributed by atoms with Crippen molar-refractivity contribution in [2.24, 2.45) is 11.7 Å². The van der Waals surface area contributed by atoms with Gasteiger partial charge in [-0.1, -0.05) is 19.8 Å². The zero-order valence-corrected chi connectivity index (χ0v) is 10.8. The number of nitrogens with two attached hydrogens (primary N) is 1. The van der Waals surface area contributed by atoms with E-state index in [2.05, 4.69) is 11.8 Å². The second-order valence-electron chi connectivity index (χ2n) is 5.75. The molecule has 3 unspecified atom stereocenters. The summed E-state index contributed by atoms with van der Waals surface area (Å²) in [6.45, 7) is 4.85. The molecule has 2 rings (SSSR count). The van der Waals surface area contributed by atoms with Gasteiger partial charge in [-0.25, -0.2) is 0 Å². The summed E-state index contributed by atoms with van der Waals surface area (Å²) < 4.78 is 0. The number of rotatable bonds is 5. The molecule has 3 atom stereocenters. The Kier molecular flexibility index (Phi) is 4.66. The molecule has 2 heteroatoms. The fraction of sp³-hybridized carbons (Fsp3) is 1.00. The Hall–Kier alpha value is -0.0800. The highest BCUT2D eigenvalue weighted by Gasteiger charge is 2.34. The molecule has 1 heterocycles. The van der Waals surface area contributed by atoms with E-state index in [9.17, 15) is 0 Å². The van der Waals surface area contributed by atoms with Crippen LogP contribution in [0.2, 0.25) is 0 Å². The number of hydrogen-bond acceptors (Lipinski definition) is 2. The van der Waals surface area contributed by atoms with Crippen LogP contribution < -0.4 is 5.73 Å². The first kappa shape index (κ1) is 12.4. The minimum atomic E-state index is 0.435. The molecule has 1 aliphatic heterocycles. The predicted molar refractivity (Wildman–Crippen MR) is 69.4 cm³/mol. The van der Waals surface area contributed by atoms with Gasteiger partial charge in [-0.3, -0.25) is 0 Å². The van der Waals surface area contributed by atoms with E-state index in [-0.39, 0.29) is 0 Å². The monoisotopic (exact) mass is 224 g/mol. The standard InChI is InChI=1S/C14H28N2/c1-2-13(15)7-5-10-16-11-9-12-6-3-4-8-14(12)16/h12-14H,2-11,15H2,1H3. The molecule has 0 spiro atoms. The highest BCUT2D eigenvalue weighted by atomic mass is 15.2. The summed E-state index contributed by atoms with van der Waals surface area (Å²) in [6.07, 6.45) is 11.0. The molecule has 2 fully saturated rings. The first-order chi connectivity index (χ1) is 7.81. The molecule has 0 amide bonds. The molecule has 1 saturated heterocycles. The van der Waals surface area contributed by atoms with Crippen molar-refractivity contribution < 1.29 is 0 Å². The van der Waals surface area contributed by atoms with Gasteiger partial charge in [0.05, 0.1) is 0 Å². The van der Waals surface area contributed by atoms with Gasteiger partial charge in [-0.15, -0.1) is 0 Å². The summed E-state index contributed by atoms with van der Waals surface area (Å²) in [4.78, 5) is 2.76. The maximum Gasteiger partial charge on any atom is 0.0124 e. The van der Waals surface area contributed by atoms with Gasteiger partial charge in [0.25, 0.3) is 0 Å². The molecule has 0 bridgehead atoms. The summed E-state index contributed by atoms with van der Waals surface area (Å²) in [5, 5.41) is 0. The molecule has 2 aliphatic rings. The molecular formula is C14H28N2. The van der Waals surface area contributed by atoms with Gasteiger partial charge in [0, 0.05) is 12.1 Å².